The van der Waals surface area contributed by atoms with Gasteiger partial charge < -0.3 is 8.92 Å². The van der Waals surface area contributed by atoms with Crippen LogP contribution in [0.25, 0.3) is 22.6 Å². The molecule has 0 saturated carbocycles. The highest BCUT2D eigenvalue weighted by molar-refractivity contribution is 7.86. The fourth-order valence-electron chi connectivity index (χ4n) is 2.34. The summed E-state index contributed by atoms with van der Waals surface area (Å²) in [5, 5.41) is 0. The Kier molecular flexibility index (Phi) is 4.85. The van der Waals surface area contributed by atoms with Crippen LogP contribution in [0.15, 0.2) is 54.7 Å². The van der Waals surface area contributed by atoms with Gasteiger partial charge in [0, 0.05) is 11.1 Å². The van der Waals surface area contributed by atoms with E-state index < -0.39 is 10.1 Å². The molecular formula is C18H15FN2O4S. The van der Waals surface area contributed by atoms with Gasteiger partial charge in [-0.2, -0.15) is 8.42 Å². The number of hydrogen-bond acceptors (Lipinski definition) is 6. The van der Waals surface area contributed by atoms with Crippen molar-refractivity contribution >= 4 is 10.1 Å². The third-order valence-electron chi connectivity index (χ3n) is 3.43. The Morgan fingerprint density at radius 3 is 2.42 bits per heavy atom. The van der Waals surface area contributed by atoms with Gasteiger partial charge in [0.25, 0.3) is 0 Å². The molecule has 0 fully saturated rings. The van der Waals surface area contributed by atoms with Crippen LogP contribution in [0.1, 0.15) is 0 Å². The summed E-state index contributed by atoms with van der Waals surface area (Å²) in [5.74, 6) is 0.602. The normalized spacial score (nSPS) is 11.2. The number of ether oxygens (including phenoxy) is 1. The average Bonchev–Trinajstić information content (AvgIpc) is 2.60. The summed E-state index contributed by atoms with van der Waals surface area (Å²) in [6, 6.07) is 12.3. The van der Waals surface area contributed by atoms with Crippen LogP contribution in [0.3, 0.4) is 0 Å². The summed E-state index contributed by atoms with van der Waals surface area (Å²) in [7, 11) is -2.16. The van der Waals surface area contributed by atoms with E-state index in [0.717, 1.165) is 6.26 Å². The van der Waals surface area contributed by atoms with E-state index >= 15 is 0 Å². The molecule has 0 saturated heterocycles. The largest absolute Gasteiger partial charge is 0.493 e. The second-order valence-corrected chi connectivity index (χ2v) is 7.01. The van der Waals surface area contributed by atoms with Gasteiger partial charge in [0.15, 0.2) is 11.6 Å². The Balaban J connectivity index is 2.07. The number of halogens is 1. The predicted molar refractivity (Wildman–Crippen MR) is 94.9 cm³/mol. The molecule has 2 aromatic carbocycles. The van der Waals surface area contributed by atoms with Gasteiger partial charge in [-0.25, -0.2) is 14.4 Å². The standard InChI is InChI=1S/C18H15FN2O4S/c1-24-16-11-20-18(12-6-8-14(19)9-7-12)21-17(16)13-4-3-5-15(10-13)25-26(2,22)23/h3-11H,1-2H3. The second kappa shape index (κ2) is 7.09. The SMILES string of the molecule is COc1cnc(-c2ccc(F)cc2)nc1-c1cccc(OS(C)(=O)=O)c1. The minimum Gasteiger partial charge on any atom is -0.493 e. The lowest BCUT2D eigenvalue weighted by Crippen LogP contribution is -2.05. The fourth-order valence-corrected chi connectivity index (χ4v) is 2.79. The number of methoxy groups -OCH3 is 1. The van der Waals surface area contributed by atoms with E-state index in [1.165, 1.54) is 31.5 Å². The van der Waals surface area contributed by atoms with Crippen LogP contribution >= 0.6 is 0 Å². The van der Waals surface area contributed by atoms with Crippen molar-refractivity contribution in [1.82, 2.24) is 9.97 Å². The Morgan fingerprint density at radius 1 is 1.04 bits per heavy atom. The molecule has 0 bridgehead atoms. The summed E-state index contributed by atoms with van der Waals surface area (Å²) >= 11 is 0. The Labute approximate surface area is 150 Å². The molecule has 0 unspecified atom stereocenters. The van der Waals surface area contributed by atoms with Gasteiger partial charge >= 0.3 is 10.1 Å². The average molecular weight is 374 g/mol. The molecule has 0 aliphatic heterocycles. The number of aromatic nitrogens is 2. The van der Waals surface area contributed by atoms with Gasteiger partial charge in [0.1, 0.15) is 17.3 Å². The van der Waals surface area contributed by atoms with Crippen molar-refractivity contribution in [3.63, 3.8) is 0 Å². The lowest BCUT2D eigenvalue weighted by molar-refractivity contribution is 0.413. The smallest absolute Gasteiger partial charge is 0.306 e. The van der Waals surface area contributed by atoms with E-state index in [4.69, 9.17) is 8.92 Å². The number of hydrogen-bond donors (Lipinski definition) is 0. The summed E-state index contributed by atoms with van der Waals surface area (Å²) in [5.41, 5.74) is 1.69. The molecule has 0 aliphatic carbocycles. The highest BCUT2D eigenvalue weighted by atomic mass is 32.2. The maximum absolute atomic E-state index is 13.1. The Bertz CT molecular complexity index is 1040. The zero-order valence-corrected chi connectivity index (χ0v) is 14.8. The van der Waals surface area contributed by atoms with Crippen LogP contribution in [-0.2, 0) is 10.1 Å². The van der Waals surface area contributed by atoms with Crippen LogP contribution in [-0.4, -0.2) is 31.8 Å². The maximum Gasteiger partial charge on any atom is 0.306 e. The molecule has 0 aliphatic rings. The van der Waals surface area contributed by atoms with Gasteiger partial charge in [0.05, 0.1) is 19.6 Å². The van der Waals surface area contributed by atoms with Gasteiger partial charge in [-0.3, -0.25) is 0 Å². The third-order valence-corrected chi connectivity index (χ3v) is 3.93. The van der Waals surface area contributed by atoms with Crippen LogP contribution in [0.4, 0.5) is 4.39 Å². The lowest BCUT2D eigenvalue weighted by atomic mass is 10.1. The van der Waals surface area contributed by atoms with Crippen molar-refractivity contribution in [1.29, 1.82) is 0 Å². The second-order valence-electron chi connectivity index (χ2n) is 5.43. The molecule has 3 aromatic rings. The summed E-state index contributed by atoms with van der Waals surface area (Å²) in [6.07, 6.45) is 2.47. The molecule has 0 atom stereocenters. The monoisotopic (exact) mass is 374 g/mol. The quantitative estimate of drug-likeness (QED) is 0.638. The third kappa shape index (κ3) is 4.15. The molecule has 3 rings (SSSR count). The topological polar surface area (TPSA) is 78.4 Å². The molecule has 8 heteroatoms. The fraction of sp³-hybridized carbons (Fsp3) is 0.111. The first-order valence-corrected chi connectivity index (χ1v) is 9.34. The van der Waals surface area contributed by atoms with Crippen molar-refractivity contribution in [2.24, 2.45) is 0 Å². The molecule has 1 aromatic heterocycles. The summed E-state index contributed by atoms with van der Waals surface area (Å²) < 4.78 is 46.0. The van der Waals surface area contributed by atoms with Gasteiger partial charge in [-0.05, 0) is 36.4 Å². The first-order valence-electron chi connectivity index (χ1n) is 7.52. The van der Waals surface area contributed by atoms with Crippen LogP contribution in [0, 0.1) is 5.82 Å². The van der Waals surface area contributed by atoms with E-state index in [-0.39, 0.29) is 11.6 Å². The van der Waals surface area contributed by atoms with Crippen LogP contribution in [0.2, 0.25) is 0 Å². The highest BCUT2D eigenvalue weighted by Gasteiger charge is 2.13. The highest BCUT2D eigenvalue weighted by Crippen LogP contribution is 2.31. The maximum atomic E-state index is 13.1. The first kappa shape index (κ1) is 17.8. The summed E-state index contributed by atoms with van der Waals surface area (Å²) in [6.45, 7) is 0. The minimum atomic E-state index is -3.65. The van der Waals surface area contributed by atoms with E-state index in [9.17, 15) is 12.8 Å². The molecule has 0 amide bonds. The molecular weight excluding hydrogens is 359 g/mol. The van der Waals surface area contributed by atoms with E-state index in [2.05, 4.69) is 9.97 Å². The summed E-state index contributed by atoms with van der Waals surface area (Å²) in [4.78, 5) is 8.72. The Morgan fingerprint density at radius 2 is 1.77 bits per heavy atom. The molecule has 0 radical (unpaired) electrons. The van der Waals surface area contributed by atoms with Gasteiger partial charge in [-0.1, -0.05) is 12.1 Å². The zero-order chi connectivity index (χ0) is 18.7. The lowest BCUT2D eigenvalue weighted by Gasteiger charge is -2.11. The molecule has 0 N–H and O–H groups in total. The molecule has 0 spiro atoms. The van der Waals surface area contributed by atoms with Gasteiger partial charge in [-0.15, -0.1) is 0 Å². The first-order chi connectivity index (χ1) is 12.4. The predicted octanol–water partition coefficient (Wildman–Crippen LogP) is 3.30. The molecule has 134 valence electrons. The minimum absolute atomic E-state index is 0.161. The Hall–Kier alpha value is -3.00. The molecule has 1 heterocycles. The van der Waals surface area contributed by atoms with Crippen LogP contribution < -0.4 is 8.92 Å². The van der Waals surface area contributed by atoms with Crippen molar-refractivity contribution in [3.8, 4) is 34.1 Å². The van der Waals surface area contributed by atoms with Crippen molar-refractivity contribution in [3.05, 3.63) is 60.5 Å². The van der Waals surface area contributed by atoms with Crippen molar-refractivity contribution in [2.75, 3.05) is 13.4 Å². The molecule has 26 heavy (non-hydrogen) atoms. The van der Waals surface area contributed by atoms with E-state index in [1.807, 2.05) is 0 Å². The number of nitrogens with zero attached hydrogens (tertiary/aromatic N) is 2. The van der Waals surface area contributed by atoms with Crippen molar-refractivity contribution < 1.29 is 21.7 Å². The molecule has 6 nitrogen and oxygen atoms in total. The van der Waals surface area contributed by atoms with Crippen LogP contribution in [0.5, 0.6) is 11.5 Å². The van der Waals surface area contributed by atoms with E-state index in [1.54, 1.807) is 30.3 Å². The number of rotatable bonds is 5. The van der Waals surface area contributed by atoms with E-state index in [0.29, 0.717) is 28.4 Å². The number of benzene rings is 2. The zero-order valence-electron chi connectivity index (χ0n) is 14.0. The van der Waals surface area contributed by atoms with Gasteiger partial charge in [0.2, 0.25) is 0 Å². The van der Waals surface area contributed by atoms with Crippen molar-refractivity contribution in [2.45, 2.75) is 0 Å².